The molecular formula is C15H19N3S. The van der Waals surface area contributed by atoms with Crippen LogP contribution in [0.1, 0.15) is 37.1 Å². The molecule has 3 nitrogen and oxygen atoms in total. The number of aromatic nitrogens is 2. The van der Waals surface area contributed by atoms with Crippen molar-refractivity contribution in [3.63, 3.8) is 0 Å². The first kappa shape index (κ1) is 13.7. The van der Waals surface area contributed by atoms with E-state index in [0.29, 0.717) is 10.9 Å². The van der Waals surface area contributed by atoms with Gasteiger partial charge in [0.15, 0.2) is 0 Å². The first-order chi connectivity index (χ1) is 9.09. The number of hydrogen-bond donors (Lipinski definition) is 1. The van der Waals surface area contributed by atoms with Crippen LogP contribution in [-0.2, 0) is 6.54 Å². The molecule has 2 rings (SSSR count). The summed E-state index contributed by atoms with van der Waals surface area (Å²) in [5, 5.41) is 0. The molecule has 0 bridgehead atoms. The van der Waals surface area contributed by atoms with Crippen LogP contribution in [0.4, 0.5) is 0 Å². The van der Waals surface area contributed by atoms with Gasteiger partial charge >= 0.3 is 0 Å². The van der Waals surface area contributed by atoms with Gasteiger partial charge in [-0.05, 0) is 5.56 Å². The largest absolute Gasteiger partial charge is 0.393 e. The van der Waals surface area contributed by atoms with Gasteiger partial charge in [-0.3, -0.25) is 0 Å². The molecule has 1 aromatic heterocycles. The molecule has 0 aliphatic rings. The summed E-state index contributed by atoms with van der Waals surface area (Å²) in [7, 11) is 0. The minimum atomic E-state index is 0.0444. The Balaban J connectivity index is 2.27. The molecule has 0 saturated heterocycles. The number of hydrogen-bond acceptors (Lipinski definition) is 2. The Bertz CT molecular complexity index is 546. The summed E-state index contributed by atoms with van der Waals surface area (Å²) in [4.78, 5) is 4.92. The maximum absolute atomic E-state index is 5.91. The third-order valence-corrected chi connectivity index (χ3v) is 3.47. The van der Waals surface area contributed by atoms with E-state index in [4.69, 9.17) is 18.0 Å². The minimum Gasteiger partial charge on any atom is -0.393 e. The SMILES string of the molecule is CC(C)c1nccn1CC(C(N)=S)c1ccccc1. The van der Waals surface area contributed by atoms with Crippen molar-refractivity contribution < 1.29 is 0 Å². The Labute approximate surface area is 119 Å². The highest BCUT2D eigenvalue weighted by molar-refractivity contribution is 7.80. The quantitative estimate of drug-likeness (QED) is 0.851. The number of benzene rings is 1. The van der Waals surface area contributed by atoms with Crippen LogP contribution in [0.25, 0.3) is 0 Å². The van der Waals surface area contributed by atoms with Gasteiger partial charge in [-0.1, -0.05) is 56.4 Å². The molecule has 19 heavy (non-hydrogen) atoms. The molecule has 0 amide bonds. The predicted molar refractivity (Wildman–Crippen MR) is 82.3 cm³/mol. The Morgan fingerprint density at radius 2 is 2.00 bits per heavy atom. The molecule has 0 spiro atoms. The Morgan fingerprint density at radius 1 is 1.32 bits per heavy atom. The van der Waals surface area contributed by atoms with Gasteiger partial charge in [0, 0.05) is 24.9 Å². The van der Waals surface area contributed by atoms with Gasteiger partial charge in [-0.25, -0.2) is 4.98 Å². The molecule has 1 aromatic carbocycles. The van der Waals surface area contributed by atoms with Gasteiger partial charge in [-0.2, -0.15) is 0 Å². The summed E-state index contributed by atoms with van der Waals surface area (Å²) < 4.78 is 2.14. The lowest BCUT2D eigenvalue weighted by Crippen LogP contribution is -2.24. The average molecular weight is 273 g/mol. The smallest absolute Gasteiger partial charge is 0.111 e. The fourth-order valence-electron chi connectivity index (χ4n) is 2.22. The third kappa shape index (κ3) is 3.20. The van der Waals surface area contributed by atoms with Crippen LogP contribution >= 0.6 is 12.2 Å². The average Bonchev–Trinajstić information content (AvgIpc) is 2.85. The van der Waals surface area contributed by atoms with E-state index in [1.54, 1.807) is 0 Å². The summed E-state index contributed by atoms with van der Waals surface area (Å²) in [5.74, 6) is 1.50. The fourth-order valence-corrected chi connectivity index (χ4v) is 2.43. The van der Waals surface area contributed by atoms with E-state index in [-0.39, 0.29) is 5.92 Å². The van der Waals surface area contributed by atoms with Gasteiger partial charge in [0.05, 0.1) is 10.9 Å². The van der Waals surface area contributed by atoms with Crippen molar-refractivity contribution in [3.05, 3.63) is 54.1 Å². The number of thiocarbonyl (C=S) groups is 1. The highest BCUT2D eigenvalue weighted by Gasteiger charge is 2.17. The fraction of sp³-hybridized carbons (Fsp3) is 0.333. The van der Waals surface area contributed by atoms with Crippen molar-refractivity contribution in [2.24, 2.45) is 5.73 Å². The second-order valence-corrected chi connectivity index (χ2v) is 5.43. The van der Waals surface area contributed by atoms with Crippen molar-refractivity contribution in [2.75, 3.05) is 0 Å². The lowest BCUT2D eigenvalue weighted by molar-refractivity contribution is 0.599. The van der Waals surface area contributed by atoms with Crippen molar-refractivity contribution in [1.82, 2.24) is 9.55 Å². The molecule has 2 aromatic rings. The molecule has 2 N–H and O–H groups in total. The first-order valence-corrected chi connectivity index (χ1v) is 6.85. The molecule has 4 heteroatoms. The van der Waals surface area contributed by atoms with Crippen LogP contribution in [0.3, 0.4) is 0 Å². The number of rotatable bonds is 5. The zero-order valence-corrected chi connectivity index (χ0v) is 12.1. The normalized spacial score (nSPS) is 12.6. The molecule has 0 saturated carbocycles. The van der Waals surface area contributed by atoms with Crippen LogP contribution in [0.15, 0.2) is 42.7 Å². The Hall–Kier alpha value is -1.68. The number of imidazole rings is 1. The highest BCUT2D eigenvalue weighted by atomic mass is 32.1. The van der Waals surface area contributed by atoms with Gasteiger partial charge in [0.2, 0.25) is 0 Å². The summed E-state index contributed by atoms with van der Waals surface area (Å²) in [6.45, 7) is 5.01. The van der Waals surface area contributed by atoms with E-state index in [0.717, 1.165) is 17.9 Å². The Morgan fingerprint density at radius 3 is 2.58 bits per heavy atom. The zero-order chi connectivity index (χ0) is 13.8. The first-order valence-electron chi connectivity index (χ1n) is 6.45. The van der Waals surface area contributed by atoms with Gasteiger partial charge in [0.1, 0.15) is 5.82 Å². The molecule has 1 unspecified atom stereocenters. The summed E-state index contributed by atoms with van der Waals surface area (Å²) in [6, 6.07) is 10.2. The standard InChI is InChI=1S/C15H19N3S/c1-11(2)15-17-8-9-18(15)10-13(14(16)19)12-6-4-3-5-7-12/h3-9,11,13H,10H2,1-2H3,(H2,16,19). The van der Waals surface area contributed by atoms with E-state index in [9.17, 15) is 0 Å². The van der Waals surface area contributed by atoms with E-state index in [1.165, 1.54) is 0 Å². The summed E-state index contributed by atoms with van der Waals surface area (Å²) in [6.07, 6.45) is 3.82. The van der Waals surface area contributed by atoms with Crippen molar-refractivity contribution >= 4 is 17.2 Å². The molecule has 0 aliphatic carbocycles. The lowest BCUT2D eigenvalue weighted by atomic mass is 9.99. The minimum absolute atomic E-state index is 0.0444. The molecule has 0 aliphatic heterocycles. The molecule has 0 fully saturated rings. The van der Waals surface area contributed by atoms with E-state index in [2.05, 4.69) is 35.5 Å². The maximum atomic E-state index is 5.91. The maximum Gasteiger partial charge on any atom is 0.111 e. The second-order valence-electron chi connectivity index (χ2n) is 4.96. The van der Waals surface area contributed by atoms with Crippen LogP contribution < -0.4 is 5.73 Å². The van der Waals surface area contributed by atoms with Gasteiger partial charge < -0.3 is 10.3 Å². The van der Waals surface area contributed by atoms with Crippen molar-refractivity contribution in [2.45, 2.75) is 32.2 Å². The molecule has 100 valence electrons. The van der Waals surface area contributed by atoms with Crippen molar-refractivity contribution in [1.29, 1.82) is 0 Å². The molecule has 0 radical (unpaired) electrons. The van der Waals surface area contributed by atoms with Gasteiger partial charge in [-0.15, -0.1) is 0 Å². The molecule has 1 atom stereocenters. The van der Waals surface area contributed by atoms with E-state index >= 15 is 0 Å². The predicted octanol–water partition coefficient (Wildman–Crippen LogP) is 3.08. The highest BCUT2D eigenvalue weighted by Crippen LogP contribution is 2.21. The molecular weight excluding hydrogens is 254 g/mol. The number of nitrogens with two attached hydrogens (primary N) is 1. The topological polar surface area (TPSA) is 43.8 Å². The summed E-state index contributed by atoms with van der Waals surface area (Å²) >= 11 is 5.23. The van der Waals surface area contributed by atoms with Crippen LogP contribution in [0.5, 0.6) is 0 Å². The second kappa shape index (κ2) is 5.97. The van der Waals surface area contributed by atoms with Crippen LogP contribution in [0.2, 0.25) is 0 Å². The van der Waals surface area contributed by atoms with Crippen LogP contribution in [0, 0.1) is 0 Å². The number of nitrogens with zero attached hydrogens (tertiary/aromatic N) is 2. The van der Waals surface area contributed by atoms with E-state index in [1.807, 2.05) is 30.6 Å². The Kier molecular flexibility index (Phi) is 4.32. The zero-order valence-electron chi connectivity index (χ0n) is 11.3. The monoisotopic (exact) mass is 273 g/mol. The van der Waals surface area contributed by atoms with Crippen molar-refractivity contribution in [3.8, 4) is 0 Å². The molecule has 1 heterocycles. The third-order valence-electron chi connectivity index (χ3n) is 3.19. The lowest BCUT2D eigenvalue weighted by Gasteiger charge is -2.19. The summed E-state index contributed by atoms with van der Waals surface area (Å²) in [5.41, 5.74) is 7.06. The van der Waals surface area contributed by atoms with Gasteiger partial charge in [0.25, 0.3) is 0 Å². The van der Waals surface area contributed by atoms with Crippen LogP contribution in [-0.4, -0.2) is 14.5 Å². The van der Waals surface area contributed by atoms with E-state index < -0.39 is 0 Å².